The summed E-state index contributed by atoms with van der Waals surface area (Å²) in [6, 6.07) is 6.74. The lowest BCUT2D eigenvalue weighted by Gasteiger charge is -2.28. The van der Waals surface area contributed by atoms with Crippen molar-refractivity contribution in [1.29, 1.82) is 0 Å². The fourth-order valence-electron chi connectivity index (χ4n) is 1.64. The van der Waals surface area contributed by atoms with E-state index in [-0.39, 0.29) is 0 Å². The zero-order valence-corrected chi connectivity index (χ0v) is 8.14. The normalized spacial score (nSPS) is 24.9. The summed E-state index contributed by atoms with van der Waals surface area (Å²) >= 11 is 0. The summed E-state index contributed by atoms with van der Waals surface area (Å²) < 4.78 is 4.96. The van der Waals surface area contributed by atoms with Crippen molar-refractivity contribution in [2.24, 2.45) is 0 Å². The Morgan fingerprint density at radius 3 is 2.20 bits per heavy atom. The van der Waals surface area contributed by atoms with Crippen LogP contribution in [0.15, 0.2) is 24.3 Å². The van der Waals surface area contributed by atoms with Gasteiger partial charge in [0.05, 0.1) is 13.0 Å². The van der Waals surface area contributed by atoms with Crippen molar-refractivity contribution in [2.45, 2.75) is 12.0 Å². The van der Waals surface area contributed by atoms with E-state index in [4.69, 9.17) is 4.74 Å². The van der Waals surface area contributed by atoms with E-state index < -0.39 is 23.6 Å². The second-order valence-electron chi connectivity index (χ2n) is 3.42. The molecule has 4 nitrogen and oxygen atoms in total. The Balaban J connectivity index is 2.24. The van der Waals surface area contributed by atoms with Gasteiger partial charge in [0.2, 0.25) is 11.6 Å². The second kappa shape index (κ2) is 3.47. The summed E-state index contributed by atoms with van der Waals surface area (Å²) in [5.74, 6) is -1.24. The van der Waals surface area contributed by atoms with Gasteiger partial charge in [-0.2, -0.15) is 0 Å². The highest BCUT2D eigenvalue weighted by molar-refractivity contribution is 6.48. The van der Waals surface area contributed by atoms with Crippen LogP contribution in [0.3, 0.4) is 0 Å². The van der Waals surface area contributed by atoms with Crippen LogP contribution < -0.4 is 4.74 Å². The quantitative estimate of drug-likeness (QED) is 0.706. The number of methoxy groups -OCH3 is 1. The molecule has 1 aliphatic rings. The topological polar surface area (TPSA) is 63.6 Å². The molecule has 1 aromatic carbocycles. The van der Waals surface area contributed by atoms with Crippen LogP contribution in [-0.2, 0) is 9.59 Å². The summed E-state index contributed by atoms with van der Waals surface area (Å²) in [7, 11) is 1.54. The van der Waals surface area contributed by atoms with Crippen LogP contribution in [0.25, 0.3) is 0 Å². The molecule has 15 heavy (non-hydrogen) atoms. The third-order valence-electron chi connectivity index (χ3n) is 2.58. The summed E-state index contributed by atoms with van der Waals surface area (Å²) in [6.07, 6.45) is -1.18. The molecule has 1 aromatic rings. The first-order valence-electron chi connectivity index (χ1n) is 4.55. The van der Waals surface area contributed by atoms with Gasteiger partial charge in [-0.25, -0.2) is 0 Å². The van der Waals surface area contributed by atoms with E-state index in [1.807, 2.05) is 0 Å². The van der Waals surface area contributed by atoms with Crippen molar-refractivity contribution in [3.05, 3.63) is 29.8 Å². The van der Waals surface area contributed by atoms with E-state index >= 15 is 0 Å². The lowest BCUT2D eigenvalue weighted by atomic mass is 9.74. The summed E-state index contributed by atoms with van der Waals surface area (Å²) in [5, 5.41) is 9.32. The lowest BCUT2D eigenvalue weighted by Crippen LogP contribution is -2.50. The minimum atomic E-state index is -1.18. The maximum absolute atomic E-state index is 11.2. The Morgan fingerprint density at radius 2 is 1.73 bits per heavy atom. The van der Waals surface area contributed by atoms with Gasteiger partial charge in [0.25, 0.3) is 0 Å². The molecule has 1 N–H and O–H groups in total. The standard InChI is InChI=1S/C11H10O4/c1-15-7-4-2-6(3-5-7)8-9(12)11(14)10(8)13/h2-5,8-9,12H,1H3. The predicted molar refractivity (Wildman–Crippen MR) is 51.8 cm³/mol. The zero-order valence-electron chi connectivity index (χ0n) is 8.14. The van der Waals surface area contributed by atoms with Crippen LogP contribution in [0.4, 0.5) is 0 Å². The van der Waals surface area contributed by atoms with Crippen molar-refractivity contribution >= 4 is 11.6 Å². The molecule has 0 radical (unpaired) electrons. The molecule has 1 aliphatic carbocycles. The van der Waals surface area contributed by atoms with E-state index in [2.05, 4.69) is 0 Å². The van der Waals surface area contributed by atoms with Crippen LogP contribution in [0.1, 0.15) is 11.5 Å². The summed E-state index contributed by atoms with van der Waals surface area (Å²) in [4.78, 5) is 22.0. The SMILES string of the molecule is COc1ccc(C2C(=O)C(=O)C2O)cc1. The molecule has 2 unspecified atom stereocenters. The first-order chi connectivity index (χ1) is 7.15. The average molecular weight is 206 g/mol. The van der Waals surface area contributed by atoms with Gasteiger partial charge in [0.1, 0.15) is 11.9 Å². The number of ether oxygens (including phenoxy) is 1. The molecule has 0 saturated heterocycles. The highest BCUT2D eigenvalue weighted by atomic mass is 16.5. The number of hydrogen-bond acceptors (Lipinski definition) is 4. The second-order valence-corrected chi connectivity index (χ2v) is 3.42. The lowest BCUT2D eigenvalue weighted by molar-refractivity contribution is -0.154. The van der Waals surface area contributed by atoms with Gasteiger partial charge < -0.3 is 9.84 Å². The van der Waals surface area contributed by atoms with Crippen LogP contribution >= 0.6 is 0 Å². The Hall–Kier alpha value is -1.68. The summed E-state index contributed by atoms with van der Waals surface area (Å²) in [6.45, 7) is 0. The largest absolute Gasteiger partial charge is 0.497 e. The van der Waals surface area contributed by atoms with Crippen LogP contribution in [0.5, 0.6) is 5.75 Å². The van der Waals surface area contributed by atoms with Gasteiger partial charge in [-0.1, -0.05) is 12.1 Å². The number of hydrogen-bond donors (Lipinski definition) is 1. The fourth-order valence-corrected chi connectivity index (χ4v) is 1.64. The monoisotopic (exact) mass is 206 g/mol. The molecule has 1 saturated carbocycles. The van der Waals surface area contributed by atoms with Gasteiger partial charge in [0.15, 0.2) is 0 Å². The molecular weight excluding hydrogens is 196 g/mol. The Bertz CT molecular complexity index is 407. The van der Waals surface area contributed by atoms with E-state index in [0.717, 1.165) is 0 Å². The van der Waals surface area contributed by atoms with Crippen molar-refractivity contribution in [3.8, 4) is 5.75 Å². The molecule has 0 heterocycles. The predicted octanol–water partition coefficient (Wildman–Crippen LogP) is 0.292. The molecule has 0 bridgehead atoms. The number of Topliss-reactive ketones (excluding diaryl/α,β-unsaturated/α-hetero) is 2. The average Bonchev–Trinajstić information content (AvgIpc) is 2.30. The third-order valence-corrected chi connectivity index (χ3v) is 2.58. The maximum Gasteiger partial charge on any atom is 0.228 e. The minimum absolute atomic E-state index is 0.521. The number of carbonyl (C=O) groups excluding carboxylic acids is 2. The number of benzene rings is 1. The highest BCUT2D eigenvalue weighted by Crippen LogP contribution is 2.31. The molecule has 2 rings (SSSR count). The Labute approximate surface area is 86.5 Å². The van der Waals surface area contributed by atoms with Crippen molar-refractivity contribution in [3.63, 3.8) is 0 Å². The van der Waals surface area contributed by atoms with Crippen molar-refractivity contribution < 1.29 is 19.4 Å². The van der Waals surface area contributed by atoms with E-state index in [9.17, 15) is 14.7 Å². The molecule has 0 aliphatic heterocycles. The molecule has 78 valence electrons. The number of aliphatic hydroxyl groups is 1. The van der Waals surface area contributed by atoms with Crippen molar-refractivity contribution in [1.82, 2.24) is 0 Å². The van der Waals surface area contributed by atoms with E-state index in [0.29, 0.717) is 11.3 Å². The van der Waals surface area contributed by atoms with Gasteiger partial charge in [-0.15, -0.1) is 0 Å². The van der Waals surface area contributed by atoms with Crippen LogP contribution in [0.2, 0.25) is 0 Å². The van der Waals surface area contributed by atoms with Gasteiger partial charge in [-0.05, 0) is 17.7 Å². The van der Waals surface area contributed by atoms with Crippen LogP contribution in [-0.4, -0.2) is 29.9 Å². The third kappa shape index (κ3) is 1.43. The Kier molecular flexibility index (Phi) is 2.28. The molecule has 4 heteroatoms. The molecular formula is C11H10O4. The maximum atomic E-state index is 11.2. The Morgan fingerprint density at radius 1 is 1.13 bits per heavy atom. The summed E-state index contributed by atoms with van der Waals surface area (Å²) in [5.41, 5.74) is 0.646. The fraction of sp³-hybridized carbons (Fsp3) is 0.273. The zero-order chi connectivity index (χ0) is 11.0. The molecule has 0 amide bonds. The van der Waals surface area contributed by atoms with E-state index in [1.54, 1.807) is 31.4 Å². The number of ketones is 2. The van der Waals surface area contributed by atoms with Crippen molar-refractivity contribution in [2.75, 3.05) is 7.11 Å². The number of carbonyl (C=O) groups is 2. The molecule has 1 fully saturated rings. The van der Waals surface area contributed by atoms with Gasteiger partial charge in [-0.3, -0.25) is 9.59 Å². The number of rotatable bonds is 2. The van der Waals surface area contributed by atoms with E-state index in [1.165, 1.54) is 0 Å². The first kappa shape index (κ1) is 9.86. The first-order valence-corrected chi connectivity index (χ1v) is 4.55. The van der Waals surface area contributed by atoms with Gasteiger partial charge in [0, 0.05) is 0 Å². The molecule has 0 spiro atoms. The number of aliphatic hydroxyl groups excluding tert-OH is 1. The van der Waals surface area contributed by atoms with Gasteiger partial charge >= 0.3 is 0 Å². The molecule has 0 aromatic heterocycles. The minimum Gasteiger partial charge on any atom is -0.497 e. The highest BCUT2D eigenvalue weighted by Gasteiger charge is 2.48. The smallest absolute Gasteiger partial charge is 0.228 e. The molecule has 2 atom stereocenters. The van der Waals surface area contributed by atoms with Crippen LogP contribution in [0, 0.1) is 0 Å².